The molecule has 0 spiro atoms. The molecule has 0 amide bonds. The van der Waals surface area contributed by atoms with E-state index in [0.717, 1.165) is 30.2 Å². The summed E-state index contributed by atoms with van der Waals surface area (Å²) in [4.78, 5) is 2.77. The van der Waals surface area contributed by atoms with Crippen LogP contribution < -0.4 is 5.32 Å². The fourth-order valence-electron chi connectivity index (χ4n) is 7.19. The van der Waals surface area contributed by atoms with Crippen molar-refractivity contribution in [3.8, 4) is 0 Å². The summed E-state index contributed by atoms with van der Waals surface area (Å²) in [6, 6.07) is 0.591. The first-order valence-electron chi connectivity index (χ1n) is 13.5. The zero-order chi connectivity index (χ0) is 22.4. The van der Waals surface area contributed by atoms with Gasteiger partial charge in [-0.25, -0.2) is 0 Å². The van der Waals surface area contributed by atoms with Gasteiger partial charge in [0.1, 0.15) is 0 Å². The maximum Gasteiger partial charge on any atom is 0.0459 e. The minimum Gasteiger partial charge on any atom is -0.412 e. The van der Waals surface area contributed by atoms with Gasteiger partial charge in [-0.3, -0.25) is 0 Å². The van der Waals surface area contributed by atoms with Crippen LogP contribution in [0.1, 0.15) is 99.3 Å². The Labute approximate surface area is 227 Å². The maximum absolute atomic E-state index is 9.57. The van der Waals surface area contributed by atoms with Gasteiger partial charge in [0.2, 0.25) is 0 Å². The molecule has 3 unspecified atom stereocenters. The summed E-state index contributed by atoms with van der Waals surface area (Å²) in [6.07, 6.45) is 12.8. The standard InChI is InChI=1S/C27H51ClN2O.CH4.4H2O/c1-20(2)14-25(29-16-21-6-5-7-22(15-21)18-31)17-30-13-12-26(27(3,4)19-30)23-8-10-24(28)11-9-23;;;;;/h20-26,29,31H,5-19H2,1-4H3;1H4;4*1H2/t21?,22?,23?,24?,25-,26?;;;;;/m1...../s1. The van der Waals surface area contributed by atoms with Gasteiger partial charge in [0.15, 0.2) is 0 Å². The van der Waals surface area contributed by atoms with Crippen LogP contribution in [0.15, 0.2) is 0 Å². The van der Waals surface area contributed by atoms with E-state index in [1.807, 2.05) is 0 Å². The first-order chi connectivity index (χ1) is 14.8. The Bertz CT molecular complexity index is 532. The molecule has 0 aromatic heterocycles. The van der Waals surface area contributed by atoms with E-state index >= 15 is 0 Å². The molecule has 1 saturated heterocycles. The number of rotatable bonds is 9. The predicted octanol–water partition coefficient (Wildman–Crippen LogP) is 3.27. The predicted molar refractivity (Wildman–Crippen MR) is 155 cm³/mol. The van der Waals surface area contributed by atoms with Crippen molar-refractivity contribution in [2.24, 2.45) is 35.0 Å². The Morgan fingerprint density at radius 3 is 2.11 bits per heavy atom. The molecule has 0 aromatic carbocycles. The number of aliphatic hydroxyl groups is 1. The SMILES string of the molecule is C.CC(C)C[C@H](CN1CCC(C2CCC(Cl)CC2)C(C)(C)C1)NCC1CCCC(CO)C1.O.O.O.O. The molecule has 1 aliphatic heterocycles. The lowest BCUT2D eigenvalue weighted by Gasteiger charge is -2.49. The average molecular weight is 543 g/mol. The highest BCUT2D eigenvalue weighted by Gasteiger charge is 2.41. The largest absolute Gasteiger partial charge is 0.412 e. The van der Waals surface area contributed by atoms with E-state index in [-0.39, 0.29) is 29.3 Å². The summed E-state index contributed by atoms with van der Waals surface area (Å²) in [5.41, 5.74) is 0.405. The molecular weight excluding hydrogens is 480 g/mol. The summed E-state index contributed by atoms with van der Waals surface area (Å²) in [7, 11) is 0. The second-order valence-electron chi connectivity index (χ2n) is 12.4. The average Bonchev–Trinajstić information content (AvgIpc) is 2.72. The first-order valence-corrected chi connectivity index (χ1v) is 13.9. The number of piperidine rings is 1. The van der Waals surface area contributed by atoms with Gasteiger partial charge in [0.05, 0.1) is 0 Å². The molecule has 3 rings (SSSR count). The zero-order valence-corrected chi connectivity index (χ0v) is 23.7. The summed E-state index contributed by atoms with van der Waals surface area (Å²) in [6.45, 7) is 15.0. The van der Waals surface area contributed by atoms with Crippen LogP contribution in [0.25, 0.3) is 0 Å². The van der Waals surface area contributed by atoms with Crippen molar-refractivity contribution in [3.05, 3.63) is 0 Å². The second-order valence-corrected chi connectivity index (χ2v) is 13.1. The third kappa shape index (κ3) is 12.2. The molecule has 0 radical (unpaired) electrons. The molecule has 3 aliphatic rings. The molecule has 4 atom stereocenters. The van der Waals surface area contributed by atoms with Gasteiger partial charge in [-0.05, 0) is 106 Å². The molecule has 7 nitrogen and oxygen atoms in total. The van der Waals surface area contributed by atoms with E-state index < -0.39 is 0 Å². The summed E-state index contributed by atoms with van der Waals surface area (Å²) in [5, 5.41) is 14.0. The smallest absolute Gasteiger partial charge is 0.0459 e. The summed E-state index contributed by atoms with van der Waals surface area (Å²) >= 11 is 6.39. The monoisotopic (exact) mass is 542 g/mol. The fourth-order valence-corrected chi connectivity index (χ4v) is 7.44. The van der Waals surface area contributed by atoms with Gasteiger partial charge in [0.25, 0.3) is 0 Å². The van der Waals surface area contributed by atoms with E-state index in [1.165, 1.54) is 83.8 Å². The molecule has 222 valence electrons. The Kier molecular flexibility index (Phi) is 21.5. The fraction of sp³-hybridized carbons (Fsp3) is 1.00. The second kappa shape index (κ2) is 19.1. The van der Waals surface area contributed by atoms with Gasteiger partial charge >= 0.3 is 0 Å². The summed E-state index contributed by atoms with van der Waals surface area (Å²) < 4.78 is 0. The van der Waals surface area contributed by atoms with Gasteiger partial charge in [-0.2, -0.15) is 0 Å². The van der Waals surface area contributed by atoms with Crippen LogP contribution in [-0.4, -0.2) is 76.1 Å². The van der Waals surface area contributed by atoms with Gasteiger partial charge in [-0.15, -0.1) is 11.6 Å². The van der Waals surface area contributed by atoms with Crippen molar-refractivity contribution in [2.45, 2.75) is 111 Å². The topological polar surface area (TPSA) is 162 Å². The third-order valence-electron chi connectivity index (χ3n) is 8.74. The number of hydrogen-bond acceptors (Lipinski definition) is 3. The quantitative estimate of drug-likeness (QED) is 0.428. The van der Waals surface area contributed by atoms with E-state index in [1.54, 1.807) is 0 Å². The Balaban J connectivity index is -0.00000218. The Hall–Kier alpha value is 0.01000. The van der Waals surface area contributed by atoms with Crippen molar-refractivity contribution in [1.29, 1.82) is 0 Å². The molecule has 2 aliphatic carbocycles. The molecule has 0 aromatic rings. The van der Waals surface area contributed by atoms with Crippen molar-refractivity contribution in [2.75, 3.05) is 32.8 Å². The van der Waals surface area contributed by atoms with Crippen molar-refractivity contribution in [3.63, 3.8) is 0 Å². The van der Waals surface area contributed by atoms with Crippen LogP contribution in [0.3, 0.4) is 0 Å². The van der Waals surface area contributed by atoms with Gasteiger partial charge in [0, 0.05) is 31.1 Å². The minimum atomic E-state index is 0. The highest BCUT2D eigenvalue weighted by molar-refractivity contribution is 6.20. The minimum absolute atomic E-state index is 0. The number of aliphatic hydroxyl groups excluding tert-OH is 1. The van der Waals surface area contributed by atoms with Crippen LogP contribution in [0.4, 0.5) is 0 Å². The van der Waals surface area contributed by atoms with Crippen LogP contribution >= 0.6 is 11.6 Å². The third-order valence-corrected chi connectivity index (χ3v) is 9.18. The van der Waals surface area contributed by atoms with Gasteiger partial charge < -0.3 is 37.2 Å². The summed E-state index contributed by atoms with van der Waals surface area (Å²) in [5.74, 6) is 3.77. The first kappa shape index (κ1) is 40.5. The molecule has 3 fully saturated rings. The van der Waals surface area contributed by atoms with E-state index in [9.17, 15) is 5.11 Å². The molecular formula is C28H63ClN2O5. The number of nitrogens with zero attached hydrogens (tertiary/aromatic N) is 1. The van der Waals surface area contributed by atoms with Crippen molar-refractivity contribution >= 4 is 11.6 Å². The van der Waals surface area contributed by atoms with Crippen LogP contribution in [0, 0.1) is 35.0 Å². The number of hydrogen-bond donors (Lipinski definition) is 2. The molecule has 0 bridgehead atoms. The van der Waals surface area contributed by atoms with E-state index in [0.29, 0.717) is 29.4 Å². The number of nitrogens with one attached hydrogen (secondary N) is 1. The number of likely N-dealkylation sites (tertiary alicyclic amines) is 1. The molecule has 8 heteroatoms. The van der Waals surface area contributed by atoms with Crippen molar-refractivity contribution in [1.82, 2.24) is 10.2 Å². The number of alkyl halides is 1. The van der Waals surface area contributed by atoms with Crippen LogP contribution in [-0.2, 0) is 0 Å². The van der Waals surface area contributed by atoms with Crippen LogP contribution in [0.5, 0.6) is 0 Å². The Morgan fingerprint density at radius 1 is 0.944 bits per heavy atom. The highest BCUT2D eigenvalue weighted by atomic mass is 35.5. The molecule has 10 N–H and O–H groups in total. The zero-order valence-electron chi connectivity index (χ0n) is 22.9. The normalized spacial score (nSPS) is 30.9. The lowest BCUT2D eigenvalue weighted by Crippen LogP contribution is -2.52. The van der Waals surface area contributed by atoms with E-state index in [2.05, 4.69) is 37.9 Å². The lowest BCUT2D eigenvalue weighted by molar-refractivity contribution is 0.00574. The molecule has 36 heavy (non-hydrogen) atoms. The lowest BCUT2D eigenvalue weighted by atomic mass is 9.64. The highest BCUT2D eigenvalue weighted by Crippen LogP contribution is 2.45. The molecule has 2 saturated carbocycles. The van der Waals surface area contributed by atoms with Crippen LogP contribution in [0.2, 0.25) is 0 Å². The van der Waals surface area contributed by atoms with Crippen molar-refractivity contribution < 1.29 is 27.0 Å². The Morgan fingerprint density at radius 2 is 1.56 bits per heavy atom. The van der Waals surface area contributed by atoms with E-state index in [4.69, 9.17) is 11.6 Å². The maximum atomic E-state index is 9.57. The van der Waals surface area contributed by atoms with Gasteiger partial charge in [-0.1, -0.05) is 41.5 Å². The molecule has 1 heterocycles. The number of halogens is 1.